The second kappa shape index (κ2) is 4.49. The van der Waals surface area contributed by atoms with Gasteiger partial charge in [-0.05, 0) is 25.5 Å². The number of fused-ring (bicyclic) bond motifs is 1. The van der Waals surface area contributed by atoms with E-state index >= 15 is 0 Å². The van der Waals surface area contributed by atoms with E-state index in [0.717, 1.165) is 29.3 Å². The summed E-state index contributed by atoms with van der Waals surface area (Å²) < 4.78 is 0. The van der Waals surface area contributed by atoms with Crippen molar-refractivity contribution in [2.45, 2.75) is 24.3 Å². The summed E-state index contributed by atoms with van der Waals surface area (Å²) in [5.74, 6) is 0.871. The maximum atomic E-state index is 4.71. The van der Waals surface area contributed by atoms with Gasteiger partial charge in [-0.15, -0.1) is 11.8 Å². The third-order valence-corrected chi connectivity index (χ3v) is 3.84. The molecule has 2 aromatic rings. The van der Waals surface area contributed by atoms with Crippen molar-refractivity contribution in [2.24, 2.45) is 0 Å². The molecule has 0 fully saturated rings. The van der Waals surface area contributed by atoms with Gasteiger partial charge in [0, 0.05) is 16.8 Å². The average Bonchev–Trinajstić information content (AvgIpc) is 2.86. The fourth-order valence-electron chi connectivity index (χ4n) is 2.28. The number of aryl methyl sites for hydroxylation is 1. The highest BCUT2D eigenvalue weighted by Gasteiger charge is 2.19. The first-order valence-corrected chi connectivity index (χ1v) is 7.10. The van der Waals surface area contributed by atoms with Crippen LogP contribution >= 0.6 is 11.8 Å². The lowest BCUT2D eigenvalue weighted by molar-refractivity contribution is 0.896. The molecule has 1 aromatic carbocycles. The monoisotopic (exact) mass is 242 g/mol. The number of rotatable bonds is 2. The molecule has 0 saturated heterocycles. The van der Waals surface area contributed by atoms with E-state index in [-0.39, 0.29) is 0 Å². The predicted octanol–water partition coefficient (Wildman–Crippen LogP) is 3.35. The lowest BCUT2D eigenvalue weighted by Crippen LogP contribution is -1.98. The van der Waals surface area contributed by atoms with Crippen LogP contribution in [-0.2, 0) is 12.8 Å². The summed E-state index contributed by atoms with van der Waals surface area (Å²) in [6, 6.07) is 10.2. The van der Waals surface area contributed by atoms with Crippen LogP contribution in [0.5, 0.6) is 0 Å². The van der Waals surface area contributed by atoms with Crippen molar-refractivity contribution in [3.8, 4) is 11.4 Å². The minimum atomic E-state index is 0.871. The Bertz CT molecular complexity index is 537. The molecule has 0 amide bonds. The second-order valence-electron chi connectivity index (χ2n) is 4.20. The Morgan fingerprint density at radius 2 is 1.88 bits per heavy atom. The van der Waals surface area contributed by atoms with Gasteiger partial charge in [-0.1, -0.05) is 30.3 Å². The molecule has 1 aromatic heterocycles. The van der Waals surface area contributed by atoms with E-state index in [9.17, 15) is 0 Å². The molecule has 2 nitrogen and oxygen atoms in total. The average molecular weight is 242 g/mol. The highest BCUT2D eigenvalue weighted by molar-refractivity contribution is 7.98. The molecule has 3 rings (SSSR count). The smallest absolute Gasteiger partial charge is 0.160 e. The van der Waals surface area contributed by atoms with Crippen molar-refractivity contribution >= 4 is 11.8 Å². The fourth-order valence-corrected chi connectivity index (χ4v) is 2.93. The molecule has 0 saturated carbocycles. The molecule has 0 radical (unpaired) electrons. The van der Waals surface area contributed by atoms with Gasteiger partial charge in [0.05, 0.1) is 0 Å². The fraction of sp³-hybridized carbons (Fsp3) is 0.286. The van der Waals surface area contributed by atoms with E-state index in [4.69, 9.17) is 4.98 Å². The van der Waals surface area contributed by atoms with Gasteiger partial charge in [-0.25, -0.2) is 9.97 Å². The number of nitrogens with zero attached hydrogens (tertiary/aromatic N) is 2. The van der Waals surface area contributed by atoms with Crippen LogP contribution in [0.2, 0.25) is 0 Å². The summed E-state index contributed by atoms with van der Waals surface area (Å²) in [6.45, 7) is 0. The largest absolute Gasteiger partial charge is 0.233 e. The molecule has 0 N–H and O–H groups in total. The van der Waals surface area contributed by atoms with Crippen molar-refractivity contribution in [1.29, 1.82) is 0 Å². The van der Waals surface area contributed by atoms with E-state index in [1.165, 1.54) is 17.7 Å². The van der Waals surface area contributed by atoms with Crippen LogP contribution < -0.4 is 0 Å². The summed E-state index contributed by atoms with van der Waals surface area (Å²) in [4.78, 5) is 9.39. The maximum Gasteiger partial charge on any atom is 0.160 e. The van der Waals surface area contributed by atoms with E-state index < -0.39 is 0 Å². The molecule has 0 atom stereocenters. The molecular formula is C14H14N2S. The van der Waals surface area contributed by atoms with Crippen LogP contribution in [0.4, 0.5) is 0 Å². The third-order valence-electron chi connectivity index (χ3n) is 3.12. The quantitative estimate of drug-likeness (QED) is 0.596. The summed E-state index contributed by atoms with van der Waals surface area (Å²) in [6.07, 6.45) is 5.55. The first-order valence-electron chi connectivity index (χ1n) is 5.87. The number of hydrogen-bond acceptors (Lipinski definition) is 3. The molecule has 0 aliphatic heterocycles. The molecule has 1 aliphatic rings. The number of benzene rings is 1. The predicted molar refractivity (Wildman–Crippen MR) is 71.3 cm³/mol. The molecule has 1 heterocycles. The minimum absolute atomic E-state index is 0.871. The van der Waals surface area contributed by atoms with Crippen molar-refractivity contribution in [1.82, 2.24) is 9.97 Å². The number of aromatic nitrogens is 2. The molecule has 1 aliphatic carbocycles. The van der Waals surface area contributed by atoms with Gasteiger partial charge in [0.1, 0.15) is 5.03 Å². The van der Waals surface area contributed by atoms with E-state index in [0.29, 0.717) is 0 Å². The molecule has 0 unspecified atom stereocenters. The van der Waals surface area contributed by atoms with Gasteiger partial charge in [-0.3, -0.25) is 0 Å². The molecule has 86 valence electrons. The van der Waals surface area contributed by atoms with Crippen molar-refractivity contribution in [3.05, 3.63) is 41.6 Å². The SMILES string of the molecule is CSc1nc(-c2ccccc2)nc2c1CCC2. The van der Waals surface area contributed by atoms with Gasteiger partial charge in [0.25, 0.3) is 0 Å². The van der Waals surface area contributed by atoms with Crippen LogP contribution in [0.1, 0.15) is 17.7 Å². The Morgan fingerprint density at radius 3 is 2.65 bits per heavy atom. The molecular weight excluding hydrogens is 228 g/mol. The normalized spacial score (nSPS) is 13.7. The minimum Gasteiger partial charge on any atom is -0.233 e. The first-order chi connectivity index (χ1) is 8.38. The van der Waals surface area contributed by atoms with Crippen molar-refractivity contribution < 1.29 is 0 Å². The molecule has 17 heavy (non-hydrogen) atoms. The highest BCUT2D eigenvalue weighted by atomic mass is 32.2. The van der Waals surface area contributed by atoms with Crippen LogP contribution in [-0.4, -0.2) is 16.2 Å². The number of thioether (sulfide) groups is 1. The van der Waals surface area contributed by atoms with Crippen LogP contribution in [0, 0.1) is 0 Å². The van der Waals surface area contributed by atoms with Gasteiger partial charge >= 0.3 is 0 Å². The van der Waals surface area contributed by atoms with Crippen LogP contribution in [0.25, 0.3) is 11.4 Å². The zero-order valence-electron chi connectivity index (χ0n) is 9.81. The van der Waals surface area contributed by atoms with Gasteiger partial charge in [0.2, 0.25) is 0 Å². The maximum absolute atomic E-state index is 4.71. The summed E-state index contributed by atoms with van der Waals surface area (Å²) in [5.41, 5.74) is 3.73. The van der Waals surface area contributed by atoms with Crippen molar-refractivity contribution in [2.75, 3.05) is 6.26 Å². The third kappa shape index (κ3) is 1.95. The zero-order chi connectivity index (χ0) is 11.7. The number of hydrogen-bond donors (Lipinski definition) is 0. The molecule has 0 bridgehead atoms. The van der Waals surface area contributed by atoms with Gasteiger partial charge < -0.3 is 0 Å². The standard InChI is InChI=1S/C14H14N2S/c1-17-14-11-8-5-9-12(11)15-13(16-14)10-6-3-2-4-7-10/h2-4,6-7H,5,8-9H2,1H3. The Morgan fingerprint density at radius 1 is 1.06 bits per heavy atom. The lowest BCUT2D eigenvalue weighted by atomic mass is 10.2. The molecule has 0 spiro atoms. The van der Waals surface area contributed by atoms with E-state index in [2.05, 4.69) is 23.4 Å². The van der Waals surface area contributed by atoms with Crippen LogP contribution in [0.3, 0.4) is 0 Å². The van der Waals surface area contributed by atoms with Gasteiger partial charge in [0.15, 0.2) is 5.82 Å². The summed E-state index contributed by atoms with van der Waals surface area (Å²) in [5, 5.41) is 1.16. The highest BCUT2D eigenvalue weighted by Crippen LogP contribution is 2.30. The van der Waals surface area contributed by atoms with E-state index in [1.54, 1.807) is 11.8 Å². The van der Waals surface area contributed by atoms with Gasteiger partial charge in [-0.2, -0.15) is 0 Å². The Balaban J connectivity index is 2.13. The van der Waals surface area contributed by atoms with E-state index in [1.807, 2.05) is 18.2 Å². The zero-order valence-corrected chi connectivity index (χ0v) is 10.6. The summed E-state index contributed by atoms with van der Waals surface area (Å²) in [7, 11) is 0. The Kier molecular flexibility index (Phi) is 2.85. The lowest BCUT2D eigenvalue weighted by Gasteiger charge is -2.07. The second-order valence-corrected chi connectivity index (χ2v) is 5.00. The van der Waals surface area contributed by atoms with Crippen LogP contribution in [0.15, 0.2) is 35.4 Å². The summed E-state index contributed by atoms with van der Waals surface area (Å²) >= 11 is 1.73. The van der Waals surface area contributed by atoms with Crippen molar-refractivity contribution in [3.63, 3.8) is 0 Å². The Hall–Kier alpha value is -1.35. The topological polar surface area (TPSA) is 25.8 Å². The Labute approximate surface area is 106 Å². The first kappa shape index (κ1) is 10.8. The molecule has 3 heteroatoms.